The van der Waals surface area contributed by atoms with E-state index in [1.165, 1.54) is 5.57 Å². The van der Waals surface area contributed by atoms with Crippen molar-refractivity contribution in [1.82, 2.24) is 5.32 Å². The van der Waals surface area contributed by atoms with Crippen molar-refractivity contribution in [3.8, 4) is 0 Å². The van der Waals surface area contributed by atoms with E-state index in [-0.39, 0.29) is 13.0 Å². The number of hydrogen-bond donors (Lipinski definition) is 2. The normalized spacial score (nSPS) is 12.2. The fraction of sp³-hybridized carbons (Fsp3) is 0.250. The molecular formula is C28H31NO3. The van der Waals surface area contributed by atoms with Crippen LogP contribution in [0.3, 0.4) is 0 Å². The predicted octanol–water partition coefficient (Wildman–Crippen LogP) is 5.39. The first-order chi connectivity index (χ1) is 15.5. The fourth-order valence-electron chi connectivity index (χ4n) is 3.92. The Morgan fingerprint density at radius 2 is 1.31 bits per heavy atom. The van der Waals surface area contributed by atoms with Gasteiger partial charge in [0.05, 0.1) is 25.2 Å². The minimum atomic E-state index is -0.864. The van der Waals surface area contributed by atoms with Crippen molar-refractivity contribution in [2.75, 3.05) is 13.2 Å². The van der Waals surface area contributed by atoms with E-state index in [2.05, 4.69) is 41.7 Å². The smallest absolute Gasteiger partial charge is 0.305 e. The molecule has 2 N–H and O–H groups in total. The summed E-state index contributed by atoms with van der Waals surface area (Å²) in [7, 11) is 0. The molecule has 3 aromatic rings. The number of rotatable bonds is 11. The molecule has 0 fully saturated rings. The van der Waals surface area contributed by atoms with Crippen LogP contribution in [-0.2, 0) is 15.1 Å². The highest BCUT2D eigenvalue weighted by Gasteiger charge is 2.38. The summed E-state index contributed by atoms with van der Waals surface area (Å²) in [5.41, 5.74) is 3.55. The standard InChI is InChI=1S/C28H31NO3/c1-22(2)18-19-32-21-26(20-27(30)31)29-28(23-12-6-3-7-13-23,24-14-8-4-9-15-24)25-16-10-5-11-17-25/h3-18,26,29H,19-21H2,1-2H3,(H,30,31)/t26-/m0/s1. The third-order valence-corrected chi connectivity index (χ3v) is 5.39. The zero-order valence-electron chi connectivity index (χ0n) is 18.7. The molecule has 0 unspecified atom stereocenters. The number of hydrogen-bond acceptors (Lipinski definition) is 3. The molecule has 4 heteroatoms. The second-order valence-electron chi connectivity index (χ2n) is 8.11. The van der Waals surface area contributed by atoms with Gasteiger partial charge in [0.15, 0.2) is 0 Å². The highest BCUT2D eigenvalue weighted by Crippen LogP contribution is 2.37. The number of nitrogens with one attached hydrogen (secondary N) is 1. The summed E-state index contributed by atoms with van der Waals surface area (Å²) in [5.74, 6) is -0.864. The quantitative estimate of drug-likeness (QED) is 0.244. The van der Waals surface area contributed by atoms with Crippen LogP contribution in [0.15, 0.2) is 103 Å². The van der Waals surface area contributed by atoms with Gasteiger partial charge in [-0.05, 0) is 30.5 Å². The summed E-state index contributed by atoms with van der Waals surface area (Å²) in [4.78, 5) is 11.7. The zero-order chi connectivity index (χ0) is 22.8. The number of carboxylic acid groups (broad SMARTS) is 1. The summed E-state index contributed by atoms with van der Waals surface area (Å²) >= 11 is 0. The average Bonchev–Trinajstić information content (AvgIpc) is 2.81. The predicted molar refractivity (Wildman–Crippen MR) is 129 cm³/mol. The van der Waals surface area contributed by atoms with Gasteiger partial charge < -0.3 is 9.84 Å². The van der Waals surface area contributed by atoms with E-state index in [0.717, 1.165) is 16.7 Å². The molecule has 0 aliphatic heterocycles. The lowest BCUT2D eigenvalue weighted by atomic mass is 9.76. The summed E-state index contributed by atoms with van der Waals surface area (Å²) < 4.78 is 5.86. The molecule has 0 amide bonds. The maximum atomic E-state index is 11.7. The van der Waals surface area contributed by atoms with E-state index in [1.54, 1.807) is 0 Å². The number of carbonyl (C=O) groups is 1. The van der Waals surface area contributed by atoms with Gasteiger partial charge in [-0.2, -0.15) is 0 Å². The number of benzene rings is 3. The van der Waals surface area contributed by atoms with Crippen molar-refractivity contribution < 1.29 is 14.6 Å². The average molecular weight is 430 g/mol. The van der Waals surface area contributed by atoms with Gasteiger partial charge in [-0.15, -0.1) is 0 Å². The Balaban J connectivity index is 2.09. The van der Waals surface area contributed by atoms with Gasteiger partial charge in [0.2, 0.25) is 0 Å². The molecule has 0 saturated carbocycles. The molecular weight excluding hydrogens is 398 g/mol. The van der Waals surface area contributed by atoms with Crippen LogP contribution >= 0.6 is 0 Å². The fourth-order valence-corrected chi connectivity index (χ4v) is 3.92. The molecule has 0 radical (unpaired) electrons. The van der Waals surface area contributed by atoms with E-state index >= 15 is 0 Å². The molecule has 0 aliphatic carbocycles. The monoisotopic (exact) mass is 429 g/mol. The highest BCUT2D eigenvalue weighted by molar-refractivity contribution is 5.67. The Hall–Kier alpha value is -3.21. The number of allylic oxidation sites excluding steroid dienone is 1. The van der Waals surface area contributed by atoms with Crippen LogP contribution in [0.25, 0.3) is 0 Å². The lowest BCUT2D eigenvalue weighted by Gasteiger charge is -2.40. The SMILES string of the molecule is CC(C)=CCOC[C@H](CC(=O)O)NC(c1ccccc1)(c1ccccc1)c1ccccc1. The number of ether oxygens (including phenoxy) is 1. The topological polar surface area (TPSA) is 58.6 Å². The van der Waals surface area contributed by atoms with E-state index in [4.69, 9.17) is 4.74 Å². The molecule has 3 aromatic carbocycles. The molecule has 0 saturated heterocycles. The van der Waals surface area contributed by atoms with Crippen LogP contribution in [0.5, 0.6) is 0 Å². The van der Waals surface area contributed by atoms with Crippen molar-refractivity contribution in [3.63, 3.8) is 0 Å². The Kier molecular flexibility index (Phi) is 8.37. The van der Waals surface area contributed by atoms with E-state index in [0.29, 0.717) is 6.61 Å². The summed E-state index contributed by atoms with van der Waals surface area (Å²) in [5, 5.41) is 13.3. The van der Waals surface area contributed by atoms with Crippen LogP contribution in [0, 0.1) is 0 Å². The van der Waals surface area contributed by atoms with Gasteiger partial charge >= 0.3 is 5.97 Å². The minimum Gasteiger partial charge on any atom is -0.481 e. The first kappa shape index (κ1) is 23.5. The van der Waals surface area contributed by atoms with Crippen LogP contribution in [-0.4, -0.2) is 30.3 Å². The molecule has 0 heterocycles. The highest BCUT2D eigenvalue weighted by atomic mass is 16.5. The maximum Gasteiger partial charge on any atom is 0.305 e. The van der Waals surface area contributed by atoms with Crippen LogP contribution in [0.4, 0.5) is 0 Å². The van der Waals surface area contributed by atoms with Crippen molar-refractivity contribution in [2.24, 2.45) is 0 Å². The Morgan fingerprint density at radius 1 is 0.875 bits per heavy atom. The van der Waals surface area contributed by atoms with Crippen molar-refractivity contribution in [2.45, 2.75) is 31.8 Å². The lowest BCUT2D eigenvalue weighted by molar-refractivity contribution is -0.138. The van der Waals surface area contributed by atoms with Crippen molar-refractivity contribution in [3.05, 3.63) is 119 Å². The first-order valence-electron chi connectivity index (χ1n) is 10.9. The zero-order valence-corrected chi connectivity index (χ0v) is 18.7. The number of carboxylic acids is 1. The first-order valence-corrected chi connectivity index (χ1v) is 10.9. The molecule has 166 valence electrons. The van der Waals surface area contributed by atoms with E-state index < -0.39 is 17.6 Å². The van der Waals surface area contributed by atoms with Crippen LogP contribution in [0.1, 0.15) is 37.0 Å². The van der Waals surface area contributed by atoms with Gasteiger partial charge in [-0.3, -0.25) is 10.1 Å². The van der Waals surface area contributed by atoms with Gasteiger partial charge in [-0.25, -0.2) is 0 Å². The van der Waals surface area contributed by atoms with E-state index in [9.17, 15) is 9.90 Å². The number of aliphatic carboxylic acids is 1. The lowest BCUT2D eigenvalue weighted by Crippen LogP contribution is -2.52. The Labute approximate surface area is 190 Å². The van der Waals surface area contributed by atoms with Crippen molar-refractivity contribution in [1.29, 1.82) is 0 Å². The van der Waals surface area contributed by atoms with E-state index in [1.807, 2.05) is 74.5 Å². The van der Waals surface area contributed by atoms with Crippen LogP contribution in [0.2, 0.25) is 0 Å². The maximum absolute atomic E-state index is 11.7. The van der Waals surface area contributed by atoms with Crippen LogP contribution < -0.4 is 5.32 Å². The molecule has 4 nitrogen and oxygen atoms in total. The second kappa shape index (κ2) is 11.4. The molecule has 32 heavy (non-hydrogen) atoms. The molecule has 0 aromatic heterocycles. The molecule has 1 atom stereocenters. The minimum absolute atomic E-state index is 0.0525. The molecule has 0 spiro atoms. The van der Waals surface area contributed by atoms with Gasteiger partial charge in [0.25, 0.3) is 0 Å². The largest absolute Gasteiger partial charge is 0.481 e. The Morgan fingerprint density at radius 3 is 1.69 bits per heavy atom. The summed E-state index contributed by atoms with van der Waals surface area (Å²) in [6, 6.07) is 30.1. The molecule has 0 aliphatic rings. The van der Waals surface area contributed by atoms with Gasteiger partial charge in [0, 0.05) is 6.04 Å². The summed E-state index contributed by atoms with van der Waals surface area (Å²) in [6.07, 6.45) is 1.94. The summed E-state index contributed by atoms with van der Waals surface area (Å²) in [6.45, 7) is 4.77. The van der Waals surface area contributed by atoms with Gasteiger partial charge in [-0.1, -0.05) is 103 Å². The molecule has 3 rings (SSSR count). The third-order valence-electron chi connectivity index (χ3n) is 5.39. The Bertz CT molecular complexity index is 900. The third kappa shape index (κ3) is 5.94. The molecule has 0 bridgehead atoms. The van der Waals surface area contributed by atoms with Crippen molar-refractivity contribution >= 4 is 5.97 Å². The second-order valence-corrected chi connectivity index (χ2v) is 8.11. The van der Waals surface area contributed by atoms with Gasteiger partial charge in [0.1, 0.15) is 0 Å².